The van der Waals surface area contributed by atoms with Gasteiger partial charge in [0.15, 0.2) is 5.78 Å². The molecule has 3 aliphatic rings. The highest BCUT2D eigenvalue weighted by Crippen LogP contribution is 2.49. The molecule has 0 radical (unpaired) electrons. The lowest BCUT2D eigenvalue weighted by Gasteiger charge is -2.27. The van der Waals surface area contributed by atoms with Gasteiger partial charge in [-0.2, -0.15) is 10.2 Å². The molecule has 1 aromatic heterocycles. The molecule has 3 heterocycles. The number of amides is 2. The van der Waals surface area contributed by atoms with Crippen LogP contribution in [-0.4, -0.2) is 55.7 Å². The third-order valence-electron chi connectivity index (χ3n) is 5.50. The van der Waals surface area contributed by atoms with Crippen LogP contribution >= 0.6 is 11.3 Å². The van der Waals surface area contributed by atoms with E-state index in [1.807, 2.05) is 6.07 Å². The second kappa shape index (κ2) is 8.85. The number of morpholine rings is 1. The van der Waals surface area contributed by atoms with Crippen LogP contribution in [-0.2, 0) is 9.47 Å². The van der Waals surface area contributed by atoms with Gasteiger partial charge in [0.25, 0.3) is 0 Å². The Labute approximate surface area is 193 Å². The highest BCUT2D eigenvalue weighted by molar-refractivity contribution is 7.15. The summed E-state index contributed by atoms with van der Waals surface area (Å²) in [6, 6.07) is 7.73. The van der Waals surface area contributed by atoms with Gasteiger partial charge >= 0.3 is 12.0 Å². The van der Waals surface area contributed by atoms with Crippen molar-refractivity contribution >= 4 is 40.5 Å². The second-order valence-corrected chi connectivity index (χ2v) is 8.61. The Kier molecular flexibility index (Phi) is 5.75. The van der Waals surface area contributed by atoms with Crippen molar-refractivity contribution < 1.29 is 23.9 Å². The number of urea groups is 1. The van der Waals surface area contributed by atoms with Crippen molar-refractivity contribution in [1.82, 2.24) is 10.4 Å². The summed E-state index contributed by atoms with van der Waals surface area (Å²) in [6.07, 6.45) is 0. The van der Waals surface area contributed by atoms with Crippen molar-refractivity contribution in [2.24, 2.45) is 10.2 Å². The minimum atomic E-state index is -0.528. The van der Waals surface area contributed by atoms with Gasteiger partial charge < -0.3 is 14.8 Å². The third-order valence-corrected chi connectivity index (χ3v) is 6.57. The number of hydrazine groups is 1. The second-order valence-electron chi connectivity index (χ2n) is 7.53. The molecule has 170 valence electrons. The minimum Gasteiger partial charge on any atom is -0.462 e. The average Bonchev–Trinajstić information content (AvgIpc) is 3.52. The number of nitrogens with one attached hydrogen (secondary N) is 2. The van der Waals surface area contributed by atoms with E-state index in [9.17, 15) is 14.4 Å². The van der Waals surface area contributed by atoms with Crippen molar-refractivity contribution in [1.29, 1.82) is 0 Å². The summed E-state index contributed by atoms with van der Waals surface area (Å²) in [5, 5.41) is 13.1. The van der Waals surface area contributed by atoms with E-state index in [2.05, 4.69) is 21.0 Å². The number of benzene rings is 1. The van der Waals surface area contributed by atoms with Gasteiger partial charge in [0.2, 0.25) is 0 Å². The molecule has 1 unspecified atom stereocenters. The summed E-state index contributed by atoms with van der Waals surface area (Å²) in [4.78, 5) is 39.1. The molecule has 1 aromatic carbocycles. The Morgan fingerprint density at radius 1 is 1.24 bits per heavy atom. The van der Waals surface area contributed by atoms with Crippen LogP contribution in [0.3, 0.4) is 0 Å². The SMILES string of the molecule is CCOC(=O)c1ccc(C2=C3C(=O)c4c(NC(=O)NN5CCOCC5)cccc4C3N=N2)s1. The van der Waals surface area contributed by atoms with Gasteiger partial charge in [-0.3, -0.25) is 10.2 Å². The number of Topliss-reactive ketones (excluding diaryl/α,β-unsaturated/α-hetero) is 1. The molecular formula is C22H21N5O5S. The zero-order chi connectivity index (χ0) is 22.9. The normalized spacial score (nSPS) is 19.4. The average molecular weight is 468 g/mol. The summed E-state index contributed by atoms with van der Waals surface area (Å²) in [5.74, 6) is -0.645. The highest BCUT2D eigenvalue weighted by atomic mass is 32.1. The molecule has 1 atom stereocenters. The summed E-state index contributed by atoms with van der Waals surface area (Å²) < 4.78 is 10.3. The number of esters is 1. The first-order valence-electron chi connectivity index (χ1n) is 10.6. The van der Waals surface area contributed by atoms with E-state index < -0.39 is 18.0 Å². The lowest BCUT2D eigenvalue weighted by atomic mass is 10.1. The maximum absolute atomic E-state index is 13.4. The zero-order valence-corrected chi connectivity index (χ0v) is 18.6. The Balaban J connectivity index is 1.41. The van der Waals surface area contributed by atoms with Gasteiger partial charge in [-0.1, -0.05) is 12.1 Å². The molecule has 0 spiro atoms. The van der Waals surface area contributed by atoms with Gasteiger partial charge in [-0.05, 0) is 30.7 Å². The van der Waals surface area contributed by atoms with E-state index in [0.29, 0.717) is 64.1 Å². The number of carbonyl (C=O) groups is 3. The van der Waals surface area contributed by atoms with Crippen LogP contribution in [0.2, 0.25) is 0 Å². The lowest BCUT2D eigenvalue weighted by molar-refractivity contribution is 0.0207. The van der Waals surface area contributed by atoms with E-state index in [-0.39, 0.29) is 12.4 Å². The van der Waals surface area contributed by atoms with Crippen LogP contribution in [0.4, 0.5) is 10.5 Å². The molecule has 2 amide bonds. The van der Waals surface area contributed by atoms with Crippen molar-refractivity contribution in [3.63, 3.8) is 0 Å². The summed E-state index contributed by atoms with van der Waals surface area (Å²) in [7, 11) is 0. The fourth-order valence-corrected chi connectivity index (χ4v) is 4.92. The Bertz CT molecular complexity index is 1200. The number of ketones is 1. The van der Waals surface area contributed by atoms with Gasteiger partial charge in [0.05, 0.1) is 41.5 Å². The molecule has 33 heavy (non-hydrogen) atoms. The number of nitrogens with zero attached hydrogens (tertiary/aromatic N) is 3. The molecule has 0 saturated carbocycles. The van der Waals surface area contributed by atoms with Crippen molar-refractivity contribution in [2.45, 2.75) is 13.0 Å². The number of thiophene rings is 1. The van der Waals surface area contributed by atoms with Crippen molar-refractivity contribution in [3.8, 4) is 0 Å². The van der Waals surface area contributed by atoms with E-state index in [1.165, 1.54) is 11.3 Å². The number of rotatable bonds is 5. The van der Waals surface area contributed by atoms with Crippen LogP contribution in [0.15, 0.2) is 46.1 Å². The number of carbonyl (C=O) groups excluding carboxylic acids is 3. The molecule has 10 nitrogen and oxygen atoms in total. The van der Waals surface area contributed by atoms with Crippen molar-refractivity contribution in [2.75, 3.05) is 38.2 Å². The molecular weight excluding hydrogens is 446 g/mol. The van der Waals surface area contributed by atoms with Crippen LogP contribution in [0, 0.1) is 0 Å². The van der Waals surface area contributed by atoms with Crippen LogP contribution < -0.4 is 10.7 Å². The number of hydrogen-bond donors (Lipinski definition) is 2. The quantitative estimate of drug-likeness (QED) is 0.650. The van der Waals surface area contributed by atoms with Gasteiger partial charge in [0.1, 0.15) is 16.6 Å². The summed E-state index contributed by atoms with van der Waals surface area (Å²) >= 11 is 1.21. The molecule has 2 aliphatic heterocycles. The fourth-order valence-electron chi connectivity index (χ4n) is 4.02. The first-order chi connectivity index (χ1) is 16.1. The molecule has 0 bridgehead atoms. The number of anilines is 1. The zero-order valence-electron chi connectivity index (χ0n) is 17.8. The minimum absolute atomic E-state index is 0.233. The van der Waals surface area contributed by atoms with Crippen LogP contribution in [0.5, 0.6) is 0 Å². The third kappa shape index (κ3) is 3.94. The highest BCUT2D eigenvalue weighted by Gasteiger charge is 2.42. The molecule has 11 heteroatoms. The maximum atomic E-state index is 13.4. The Hall–Kier alpha value is -3.41. The number of hydrogen-bond acceptors (Lipinski definition) is 9. The first-order valence-corrected chi connectivity index (χ1v) is 11.4. The van der Waals surface area contributed by atoms with Crippen LogP contribution in [0.25, 0.3) is 5.70 Å². The predicted octanol–water partition coefficient (Wildman–Crippen LogP) is 3.41. The van der Waals surface area contributed by atoms with E-state index in [1.54, 1.807) is 36.2 Å². The lowest BCUT2D eigenvalue weighted by Crippen LogP contribution is -2.49. The molecule has 1 saturated heterocycles. The van der Waals surface area contributed by atoms with E-state index in [0.717, 1.165) is 0 Å². The number of ether oxygens (including phenoxy) is 2. The van der Waals surface area contributed by atoms with Gasteiger partial charge in [-0.25, -0.2) is 14.6 Å². The first kappa shape index (κ1) is 21.4. The predicted molar refractivity (Wildman–Crippen MR) is 120 cm³/mol. The smallest absolute Gasteiger partial charge is 0.348 e. The molecule has 5 rings (SSSR count). The topological polar surface area (TPSA) is 122 Å². The Morgan fingerprint density at radius 2 is 2.06 bits per heavy atom. The molecule has 2 N–H and O–H groups in total. The van der Waals surface area contributed by atoms with Crippen LogP contribution in [0.1, 0.15) is 43.4 Å². The fraction of sp³-hybridized carbons (Fsp3) is 0.318. The monoisotopic (exact) mass is 467 g/mol. The van der Waals surface area contributed by atoms with Gasteiger partial charge in [-0.15, -0.1) is 11.3 Å². The molecule has 1 aliphatic carbocycles. The standard InChI is InChI=1S/C22H21N5O5S/c1-2-32-21(29)15-7-6-14(33-15)19-17-18(24-25-19)12-4-3-5-13(16(12)20(17)28)23-22(30)26-27-8-10-31-11-9-27/h3-7,18H,2,8-11H2,1H3,(H2,23,26,30). The molecule has 1 fully saturated rings. The maximum Gasteiger partial charge on any atom is 0.348 e. The number of azo groups is 1. The summed E-state index contributed by atoms with van der Waals surface area (Å²) in [6.45, 7) is 4.30. The Morgan fingerprint density at radius 3 is 2.85 bits per heavy atom. The van der Waals surface area contributed by atoms with E-state index >= 15 is 0 Å². The number of fused-ring (bicyclic) bond motifs is 3. The van der Waals surface area contributed by atoms with Crippen molar-refractivity contribution in [3.05, 3.63) is 56.8 Å². The molecule has 2 aromatic rings. The largest absolute Gasteiger partial charge is 0.462 e. The summed E-state index contributed by atoms with van der Waals surface area (Å²) in [5.41, 5.74) is 5.20. The van der Waals surface area contributed by atoms with E-state index in [4.69, 9.17) is 9.47 Å². The van der Waals surface area contributed by atoms with Gasteiger partial charge in [0, 0.05) is 13.1 Å².